The monoisotopic (exact) mass is 283 g/mol. The highest BCUT2D eigenvalue weighted by atomic mass is 16.2. The fourth-order valence-corrected chi connectivity index (χ4v) is 1.79. The van der Waals surface area contributed by atoms with E-state index in [0.717, 1.165) is 11.3 Å². The van der Waals surface area contributed by atoms with Crippen molar-refractivity contribution in [2.45, 2.75) is 19.9 Å². The predicted molar refractivity (Wildman–Crippen MR) is 80.8 cm³/mol. The van der Waals surface area contributed by atoms with E-state index in [1.165, 1.54) is 6.20 Å². The second kappa shape index (κ2) is 7.19. The minimum absolute atomic E-state index is 0.0356. The van der Waals surface area contributed by atoms with Crippen molar-refractivity contribution >= 4 is 17.5 Å². The van der Waals surface area contributed by atoms with Gasteiger partial charge in [-0.2, -0.15) is 0 Å². The lowest BCUT2D eigenvalue weighted by atomic mass is 10.2. The smallest absolute Gasteiger partial charge is 0.253 e. The molecule has 1 aromatic heterocycles. The van der Waals surface area contributed by atoms with Gasteiger partial charge in [0.15, 0.2) is 0 Å². The summed E-state index contributed by atoms with van der Waals surface area (Å²) in [4.78, 5) is 27.2. The summed E-state index contributed by atoms with van der Waals surface area (Å²) in [5.74, 6) is -0.211. The van der Waals surface area contributed by atoms with Gasteiger partial charge in [0.25, 0.3) is 5.91 Å². The number of hydrogen-bond donors (Lipinski definition) is 2. The molecule has 21 heavy (non-hydrogen) atoms. The third kappa shape index (κ3) is 4.42. The van der Waals surface area contributed by atoms with Crippen molar-refractivity contribution in [3.05, 3.63) is 59.9 Å². The van der Waals surface area contributed by atoms with Gasteiger partial charge in [-0.3, -0.25) is 14.6 Å². The van der Waals surface area contributed by atoms with Gasteiger partial charge in [-0.05, 0) is 29.8 Å². The van der Waals surface area contributed by atoms with E-state index in [4.69, 9.17) is 0 Å². The maximum Gasteiger partial charge on any atom is 0.253 e. The summed E-state index contributed by atoms with van der Waals surface area (Å²) in [6.45, 7) is 2.19. The Bertz CT molecular complexity index is 626. The minimum atomic E-state index is -0.175. The van der Waals surface area contributed by atoms with E-state index < -0.39 is 0 Å². The summed E-state index contributed by atoms with van der Waals surface area (Å²) in [7, 11) is 0. The van der Waals surface area contributed by atoms with Gasteiger partial charge in [0, 0.05) is 31.0 Å². The van der Waals surface area contributed by atoms with Crippen molar-refractivity contribution in [2.75, 3.05) is 5.32 Å². The Morgan fingerprint density at radius 2 is 2.05 bits per heavy atom. The van der Waals surface area contributed by atoms with Gasteiger partial charge in [0.1, 0.15) is 0 Å². The van der Waals surface area contributed by atoms with Crippen LogP contribution in [0, 0.1) is 0 Å². The molecule has 2 amide bonds. The lowest BCUT2D eigenvalue weighted by Gasteiger charge is -2.08. The van der Waals surface area contributed by atoms with Crippen LogP contribution in [-0.2, 0) is 11.3 Å². The van der Waals surface area contributed by atoms with Crippen molar-refractivity contribution in [1.82, 2.24) is 10.3 Å². The van der Waals surface area contributed by atoms with Crippen LogP contribution in [0.5, 0.6) is 0 Å². The molecular formula is C16H17N3O2. The van der Waals surface area contributed by atoms with Crippen LogP contribution in [0.2, 0.25) is 0 Å². The standard InChI is InChI=1S/C16H17N3O2/c1-2-15(20)19-14-7-3-5-12(9-14)10-18-16(21)13-6-4-8-17-11-13/h3-9,11H,2,10H2,1H3,(H,18,21)(H,19,20). The minimum Gasteiger partial charge on any atom is -0.348 e. The van der Waals surface area contributed by atoms with Crippen LogP contribution in [0.1, 0.15) is 29.3 Å². The number of aromatic nitrogens is 1. The highest BCUT2D eigenvalue weighted by Gasteiger charge is 2.05. The van der Waals surface area contributed by atoms with E-state index in [1.54, 1.807) is 25.3 Å². The number of hydrogen-bond acceptors (Lipinski definition) is 3. The molecule has 0 atom stereocenters. The van der Waals surface area contributed by atoms with Gasteiger partial charge in [0.05, 0.1) is 5.56 Å². The zero-order chi connectivity index (χ0) is 15.1. The third-order valence-corrected chi connectivity index (χ3v) is 2.91. The molecule has 1 aromatic carbocycles. The van der Waals surface area contributed by atoms with Gasteiger partial charge in [-0.1, -0.05) is 19.1 Å². The molecule has 0 spiro atoms. The van der Waals surface area contributed by atoms with Crippen LogP contribution in [0.15, 0.2) is 48.8 Å². The molecule has 2 aromatic rings. The third-order valence-electron chi connectivity index (χ3n) is 2.91. The lowest BCUT2D eigenvalue weighted by Crippen LogP contribution is -2.22. The van der Waals surface area contributed by atoms with E-state index in [9.17, 15) is 9.59 Å². The average Bonchev–Trinajstić information content (AvgIpc) is 2.53. The van der Waals surface area contributed by atoms with Crippen molar-refractivity contribution in [2.24, 2.45) is 0 Å². The highest BCUT2D eigenvalue weighted by molar-refractivity contribution is 5.93. The van der Waals surface area contributed by atoms with Crippen molar-refractivity contribution in [3.63, 3.8) is 0 Å². The highest BCUT2D eigenvalue weighted by Crippen LogP contribution is 2.11. The van der Waals surface area contributed by atoms with E-state index in [1.807, 2.05) is 24.3 Å². The molecule has 1 heterocycles. The molecule has 0 aliphatic carbocycles. The first-order valence-corrected chi connectivity index (χ1v) is 6.76. The summed E-state index contributed by atoms with van der Waals surface area (Å²) in [5.41, 5.74) is 2.17. The van der Waals surface area contributed by atoms with Crippen molar-refractivity contribution in [1.29, 1.82) is 0 Å². The number of nitrogens with zero attached hydrogens (tertiary/aromatic N) is 1. The Kier molecular flexibility index (Phi) is 5.04. The number of rotatable bonds is 5. The number of amides is 2. The van der Waals surface area contributed by atoms with Crippen LogP contribution in [0.25, 0.3) is 0 Å². The molecule has 2 N–H and O–H groups in total. The summed E-state index contributed by atoms with van der Waals surface area (Å²) in [5, 5.41) is 5.61. The van der Waals surface area contributed by atoms with E-state index in [2.05, 4.69) is 15.6 Å². The second-order valence-corrected chi connectivity index (χ2v) is 4.53. The molecule has 0 unspecified atom stereocenters. The molecule has 2 rings (SSSR count). The number of benzene rings is 1. The zero-order valence-corrected chi connectivity index (χ0v) is 11.8. The normalized spacial score (nSPS) is 9.95. The summed E-state index contributed by atoms with van der Waals surface area (Å²) >= 11 is 0. The van der Waals surface area contributed by atoms with Crippen LogP contribution < -0.4 is 10.6 Å². The summed E-state index contributed by atoms with van der Waals surface area (Å²) < 4.78 is 0. The van der Waals surface area contributed by atoms with Crippen LogP contribution in [0.4, 0.5) is 5.69 Å². The van der Waals surface area contributed by atoms with Crippen LogP contribution in [-0.4, -0.2) is 16.8 Å². The number of carbonyl (C=O) groups excluding carboxylic acids is 2. The number of carbonyl (C=O) groups is 2. The Morgan fingerprint density at radius 1 is 1.19 bits per heavy atom. The largest absolute Gasteiger partial charge is 0.348 e. The topological polar surface area (TPSA) is 71.1 Å². The Hall–Kier alpha value is -2.69. The Balaban J connectivity index is 1.96. The number of pyridine rings is 1. The zero-order valence-electron chi connectivity index (χ0n) is 11.8. The van der Waals surface area contributed by atoms with E-state index >= 15 is 0 Å². The first-order chi connectivity index (χ1) is 10.2. The molecule has 108 valence electrons. The van der Waals surface area contributed by atoms with E-state index in [0.29, 0.717) is 18.5 Å². The van der Waals surface area contributed by atoms with Crippen LogP contribution >= 0.6 is 0 Å². The van der Waals surface area contributed by atoms with Crippen molar-refractivity contribution in [3.8, 4) is 0 Å². The first-order valence-electron chi connectivity index (χ1n) is 6.76. The van der Waals surface area contributed by atoms with Gasteiger partial charge in [-0.25, -0.2) is 0 Å². The van der Waals surface area contributed by atoms with E-state index in [-0.39, 0.29) is 11.8 Å². The summed E-state index contributed by atoms with van der Waals surface area (Å²) in [6.07, 6.45) is 3.58. The molecule has 0 aliphatic rings. The summed E-state index contributed by atoms with van der Waals surface area (Å²) in [6, 6.07) is 10.8. The SMILES string of the molecule is CCC(=O)Nc1cccc(CNC(=O)c2cccnc2)c1. The maximum absolute atomic E-state index is 11.9. The molecule has 0 bridgehead atoms. The molecule has 0 radical (unpaired) electrons. The number of nitrogens with one attached hydrogen (secondary N) is 2. The quantitative estimate of drug-likeness (QED) is 0.885. The molecule has 0 saturated carbocycles. The first kappa shape index (κ1) is 14.7. The Labute approximate surface area is 123 Å². The number of anilines is 1. The average molecular weight is 283 g/mol. The maximum atomic E-state index is 11.9. The molecule has 5 nitrogen and oxygen atoms in total. The molecule has 0 aliphatic heterocycles. The lowest BCUT2D eigenvalue weighted by molar-refractivity contribution is -0.115. The van der Waals surface area contributed by atoms with Gasteiger partial charge in [0.2, 0.25) is 5.91 Å². The van der Waals surface area contributed by atoms with Crippen LogP contribution in [0.3, 0.4) is 0 Å². The fraction of sp³-hybridized carbons (Fsp3) is 0.188. The molecule has 5 heteroatoms. The molecular weight excluding hydrogens is 266 g/mol. The predicted octanol–water partition coefficient (Wildman–Crippen LogP) is 2.36. The van der Waals surface area contributed by atoms with Gasteiger partial charge in [-0.15, -0.1) is 0 Å². The Morgan fingerprint density at radius 3 is 2.76 bits per heavy atom. The second-order valence-electron chi connectivity index (χ2n) is 4.53. The van der Waals surface area contributed by atoms with Gasteiger partial charge >= 0.3 is 0 Å². The van der Waals surface area contributed by atoms with Gasteiger partial charge < -0.3 is 10.6 Å². The molecule has 0 fully saturated rings. The fourth-order valence-electron chi connectivity index (χ4n) is 1.79. The molecule has 0 saturated heterocycles. The van der Waals surface area contributed by atoms with Crippen molar-refractivity contribution < 1.29 is 9.59 Å².